The van der Waals surface area contributed by atoms with Gasteiger partial charge in [-0.05, 0) is 43.0 Å². The number of nitrogen functional groups attached to an aromatic ring is 1. The van der Waals surface area contributed by atoms with Gasteiger partial charge in [-0.2, -0.15) is 0 Å². The second-order valence-electron chi connectivity index (χ2n) is 6.85. The van der Waals surface area contributed by atoms with Crippen molar-refractivity contribution in [1.29, 1.82) is 0 Å². The average molecular weight is 463 g/mol. The van der Waals surface area contributed by atoms with E-state index in [-0.39, 0.29) is 17.4 Å². The molecule has 0 atom stereocenters. The maximum absolute atomic E-state index is 12.9. The molecular formula is C21H27BrN4O3. The molecule has 0 radical (unpaired) electrons. The molecule has 8 heteroatoms. The van der Waals surface area contributed by atoms with Gasteiger partial charge in [0.25, 0.3) is 11.5 Å². The second kappa shape index (κ2) is 10.2. The minimum atomic E-state index is -0.660. The molecule has 0 saturated heterocycles. The Kier molecular flexibility index (Phi) is 8.01. The van der Waals surface area contributed by atoms with E-state index in [1.807, 2.05) is 39.0 Å². The highest BCUT2D eigenvalue weighted by molar-refractivity contribution is 9.10. The summed E-state index contributed by atoms with van der Waals surface area (Å²) in [5, 5.41) is 0. The summed E-state index contributed by atoms with van der Waals surface area (Å²) < 4.78 is 2.19. The van der Waals surface area contributed by atoms with Gasteiger partial charge in [-0.15, -0.1) is 0 Å². The first-order valence-electron chi connectivity index (χ1n) is 9.68. The Labute approximate surface area is 178 Å². The largest absolute Gasteiger partial charge is 0.383 e. The third-order valence-corrected chi connectivity index (χ3v) is 5.18. The summed E-state index contributed by atoms with van der Waals surface area (Å²) >= 11 is 3.49. The van der Waals surface area contributed by atoms with Crippen LogP contribution in [0.25, 0.3) is 6.08 Å². The number of hydrogen-bond acceptors (Lipinski definition) is 4. The third kappa shape index (κ3) is 5.47. The van der Waals surface area contributed by atoms with Gasteiger partial charge in [0.05, 0.1) is 0 Å². The fourth-order valence-corrected chi connectivity index (χ4v) is 3.58. The van der Waals surface area contributed by atoms with Gasteiger partial charge in [0, 0.05) is 23.6 Å². The van der Waals surface area contributed by atoms with Gasteiger partial charge in [0.1, 0.15) is 5.82 Å². The van der Waals surface area contributed by atoms with Crippen molar-refractivity contribution < 1.29 is 4.79 Å². The number of aromatic nitrogens is 2. The maximum atomic E-state index is 12.9. The molecule has 0 spiro atoms. The number of nitrogens with two attached hydrogens (primary N) is 1. The van der Waals surface area contributed by atoms with Crippen LogP contribution in [0.15, 0.2) is 38.3 Å². The van der Waals surface area contributed by atoms with E-state index in [1.54, 1.807) is 6.08 Å². The zero-order chi connectivity index (χ0) is 21.6. The Morgan fingerprint density at radius 3 is 2.62 bits per heavy atom. The van der Waals surface area contributed by atoms with Crippen molar-refractivity contribution in [3.05, 3.63) is 60.7 Å². The molecule has 156 valence electrons. The summed E-state index contributed by atoms with van der Waals surface area (Å²) in [5.74, 6) is -0.365. The Balaban J connectivity index is 2.45. The molecule has 29 heavy (non-hydrogen) atoms. The quantitative estimate of drug-likeness (QED) is 0.586. The maximum Gasteiger partial charge on any atom is 0.330 e. The Hall–Kier alpha value is -2.61. The smallest absolute Gasteiger partial charge is 0.330 e. The van der Waals surface area contributed by atoms with Crippen LogP contribution in [0.5, 0.6) is 0 Å². The minimum Gasteiger partial charge on any atom is -0.383 e. The van der Waals surface area contributed by atoms with Gasteiger partial charge in [0.2, 0.25) is 0 Å². The van der Waals surface area contributed by atoms with Crippen molar-refractivity contribution in [2.24, 2.45) is 0 Å². The van der Waals surface area contributed by atoms with Crippen molar-refractivity contribution >= 4 is 39.4 Å². The first kappa shape index (κ1) is 22.7. The van der Waals surface area contributed by atoms with Crippen LogP contribution in [0.2, 0.25) is 0 Å². The number of H-pyrrole nitrogens is 1. The molecule has 1 aromatic heterocycles. The van der Waals surface area contributed by atoms with E-state index in [4.69, 9.17) is 5.73 Å². The molecule has 1 aromatic carbocycles. The summed E-state index contributed by atoms with van der Waals surface area (Å²) in [6, 6.07) is 5.81. The lowest BCUT2D eigenvalue weighted by Gasteiger charge is -2.23. The number of aromatic amines is 1. The van der Waals surface area contributed by atoms with Crippen LogP contribution in [0, 0.1) is 6.92 Å². The number of rotatable bonds is 8. The van der Waals surface area contributed by atoms with Crippen molar-refractivity contribution in [2.45, 2.75) is 46.6 Å². The molecule has 0 bridgehead atoms. The lowest BCUT2D eigenvalue weighted by molar-refractivity contribution is -0.114. The number of aryl methyl sites for hydroxylation is 1. The molecule has 7 nitrogen and oxygen atoms in total. The fourth-order valence-electron chi connectivity index (χ4n) is 2.95. The lowest BCUT2D eigenvalue weighted by Crippen LogP contribution is -2.41. The Morgan fingerprint density at radius 1 is 1.28 bits per heavy atom. The number of unbranched alkanes of at least 4 members (excludes halogenated alkanes) is 1. The number of nitrogens with one attached hydrogen (secondary N) is 1. The summed E-state index contributed by atoms with van der Waals surface area (Å²) in [6.07, 6.45) is 5.32. The van der Waals surface area contributed by atoms with Crippen LogP contribution in [-0.2, 0) is 11.3 Å². The van der Waals surface area contributed by atoms with Crippen molar-refractivity contribution in [3.63, 3.8) is 0 Å². The molecule has 2 aromatic rings. The predicted molar refractivity (Wildman–Crippen MR) is 121 cm³/mol. The van der Waals surface area contributed by atoms with Gasteiger partial charge < -0.3 is 10.6 Å². The number of nitrogens with zero attached hydrogens (tertiary/aromatic N) is 2. The van der Waals surface area contributed by atoms with Crippen LogP contribution in [-0.4, -0.2) is 22.0 Å². The topological polar surface area (TPSA) is 101 Å². The molecule has 0 aliphatic carbocycles. The molecule has 0 aliphatic heterocycles. The third-order valence-electron chi connectivity index (χ3n) is 4.49. The van der Waals surface area contributed by atoms with Crippen molar-refractivity contribution in [3.8, 4) is 0 Å². The molecule has 3 N–H and O–H groups in total. The Bertz CT molecular complexity index is 1020. The highest BCUT2D eigenvalue weighted by atomic mass is 79.9. The molecule has 0 saturated carbocycles. The zero-order valence-corrected chi connectivity index (χ0v) is 18.6. The van der Waals surface area contributed by atoms with Gasteiger partial charge in [-0.1, -0.05) is 48.3 Å². The van der Waals surface area contributed by atoms with Gasteiger partial charge in [-0.25, -0.2) is 4.79 Å². The van der Waals surface area contributed by atoms with Crippen molar-refractivity contribution in [1.82, 2.24) is 9.55 Å². The molecule has 1 heterocycles. The van der Waals surface area contributed by atoms with E-state index in [2.05, 4.69) is 20.9 Å². The standard InChI is InChI=1S/C21H27BrN4O3/c1-4-6-12-26-19(23)18(20(28)24-21(26)29)25(11-5-2)17(27)10-9-15-8-7-14(3)13-16(15)22/h7-10,13H,4-6,11-12,23H2,1-3H3,(H,24,28,29)/b10-9+. The number of amides is 1. The SMILES string of the molecule is CCCCn1c(N)c(N(CCC)C(=O)/C=C/c2ccc(C)cc2Br)c(=O)[nH]c1=O. The molecule has 0 unspecified atom stereocenters. The molecule has 1 amide bonds. The van der Waals surface area contributed by atoms with Crippen LogP contribution < -0.4 is 21.9 Å². The van der Waals surface area contributed by atoms with Crippen LogP contribution in [0.4, 0.5) is 11.5 Å². The minimum absolute atomic E-state index is 0.0129. The summed E-state index contributed by atoms with van der Waals surface area (Å²) in [4.78, 5) is 41.2. The van der Waals surface area contributed by atoms with Crippen molar-refractivity contribution in [2.75, 3.05) is 17.2 Å². The fraction of sp³-hybridized carbons (Fsp3) is 0.381. The van der Waals surface area contributed by atoms with E-state index in [1.165, 1.54) is 15.5 Å². The van der Waals surface area contributed by atoms with Crippen LogP contribution >= 0.6 is 15.9 Å². The van der Waals surface area contributed by atoms with E-state index in [0.717, 1.165) is 28.4 Å². The lowest BCUT2D eigenvalue weighted by atomic mass is 10.1. The molecule has 0 aliphatic rings. The number of halogens is 1. The number of benzene rings is 1. The number of carbonyl (C=O) groups excluding carboxylic acids is 1. The predicted octanol–water partition coefficient (Wildman–Crippen LogP) is 3.45. The second-order valence-corrected chi connectivity index (χ2v) is 7.70. The van der Waals surface area contributed by atoms with Gasteiger partial charge >= 0.3 is 5.69 Å². The normalized spacial score (nSPS) is 11.2. The van der Waals surface area contributed by atoms with Gasteiger partial charge in [0.15, 0.2) is 5.69 Å². The number of anilines is 2. The summed E-state index contributed by atoms with van der Waals surface area (Å²) in [6.45, 7) is 6.56. The summed E-state index contributed by atoms with van der Waals surface area (Å²) in [5.41, 5.74) is 6.89. The summed E-state index contributed by atoms with van der Waals surface area (Å²) in [7, 11) is 0. The van der Waals surface area contributed by atoms with E-state index in [0.29, 0.717) is 19.5 Å². The number of carbonyl (C=O) groups is 1. The first-order valence-corrected chi connectivity index (χ1v) is 10.5. The average Bonchev–Trinajstić information content (AvgIpc) is 2.66. The number of hydrogen-bond donors (Lipinski definition) is 2. The molecule has 0 fully saturated rings. The highest BCUT2D eigenvalue weighted by Crippen LogP contribution is 2.21. The monoisotopic (exact) mass is 462 g/mol. The van der Waals surface area contributed by atoms with E-state index >= 15 is 0 Å². The molecule has 2 rings (SSSR count). The Morgan fingerprint density at radius 2 is 2.00 bits per heavy atom. The van der Waals surface area contributed by atoms with E-state index < -0.39 is 11.2 Å². The van der Waals surface area contributed by atoms with Crippen LogP contribution in [0.1, 0.15) is 44.2 Å². The molecular weight excluding hydrogens is 436 g/mol. The zero-order valence-electron chi connectivity index (χ0n) is 17.0. The van der Waals surface area contributed by atoms with Gasteiger partial charge in [-0.3, -0.25) is 19.1 Å². The highest BCUT2D eigenvalue weighted by Gasteiger charge is 2.22. The van der Waals surface area contributed by atoms with Crippen LogP contribution in [0.3, 0.4) is 0 Å². The van der Waals surface area contributed by atoms with E-state index in [9.17, 15) is 14.4 Å². The first-order chi connectivity index (χ1) is 13.8.